The van der Waals surface area contributed by atoms with Gasteiger partial charge in [-0.15, -0.1) is 0 Å². The van der Waals surface area contributed by atoms with Gasteiger partial charge in [0.2, 0.25) is 0 Å². The number of hydrazone groups is 1. The number of anilines is 3. The first-order valence-electron chi connectivity index (χ1n) is 12.4. The minimum Gasteiger partial charge on any atom is -0.380 e. The van der Waals surface area contributed by atoms with Gasteiger partial charge >= 0.3 is 0 Å². The smallest absolute Gasteiger partial charge is 0.189 e. The molecule has 0 radical (unpaired) electrons. The number of nitrogens with two attached hydrogens (primary N) is 1. The zero-order chi connectivity index (χ0) is 24.7. The Bertz CT molecular complexity index is 1170. The molecule has 5 rings (SSSR count). The van der Waals surface area contributed by atoms with Crippen LogP contribution in [0.1, 0.15) is 5.69 Å². The van der Waals surface area contributed by atoms with Crippen molar-refractivity contribution in [3.8, 4) is 0 Å². The van der Waals surface area contributed by atoms with Crippen molar-refractivity contribution in [2.45, 2.75) is 0 Å². The van der Waals surface area contributed by atoms with Gasteiger partial charge in [-0.1, -0.05) is 36.4 Å². The van der Waals surface area contributed by atoms with Crippen LogP contribution in [0, 0.1) is 0 Å². The lowest BCUT2D eigenvalue weighted by molar-refractivity contribution is 0.381. The Labute approximate surface area is 218 Å². The number of benzene rings is 2. The quantitative estimate of drug-likeness (QED) is 0.240. The summed E-state index contributed by atoms with van der Waals surface area (Å²) < 4.78 is 0. The van der Waals surface area contributed by atoms with E-state index in [4.69, 9.17) is 18.0 Å². The number of aromatic nitrogens is 1. The summed E-state index contributed by atoms with van der Waals surface area (Å²) in [5, 5.41) is 4.93. The number of piperazine rings is 2. The average Bonchev–Trinajstić information content (AvgIpc) is 2.97. The lowest BCUT2D eigenvalue weighted by Gasteiger charge is -2.37. The maximum atomic E-state index is 6.28. The summed E-state index contributed by atoms with van der Waals surface area (Å²) >= 11 is 5.58. The largest absolute Gasteiger partial charge is 0.380 e. The van der Waals surface area contributed by atoms with E-state index in [1.165, 1.54) is 11.4 Å². The summed E-state index contributed by atoms with van der Waals surface area (Å²) in [5.41, 5.74) is 13.5. The average molecular weight is 501 g/mol. The maximum absolute atomic E-state index is 6.28. The third kappa shape index (κ3) is 5.68. The molecule has 1 aromatic heterocycles. The number of amidine groups is 1. The first-order valence-corrected chi connectivity index (χ1v) is 12.8. The molecule has 0 saturated carbocycles. The van der Waals surface area contributed by atoms with Crippen LogP contribution in [0.5, 0.6) is 0 Å². The van der Waals surface area contributed by atoms with E-state index >= 15 is 0 Å². The van der Waals surface area contributed by atoms with Crippen molar-refractivity contribution >= 4 is 40.2 Å². The van der Waals surface area contributed by atoms with E-state index in [0.717, 1.165) is 58.0 Å². The van der Waals surface area contributed by atoms with Crippen LogP contribution in [0.4, 0.5) is 17.1 Å². The van der Waals surface area contributed by atoms with Crippen molar-refractivity contribution in [3.05, 3.63) is 84.7 Å². The predicted molar refractivity (Wildman–Crippen MR) is 152 cm³/mol. The molecule has 36 heavy (non-hydrogen) atoms. The normalized spacial score (nSPS) is 16.7. The Morgan fingerprint density at radius 3 is 1.78 bits per heavy atom. The van der Waals surface area contributed by atoms with Crippen molar-refractivity contribution in [2.75, 3.05) is 67.1 Å². The summed E-state index contributed by atoms with van der Waals surface area (Å²) in [7, 11) is 0. The molecule has 0 amide bonds. The Hall–Kier alpha value is -3.85. The molecule has 0 unspecified atom stereocenters. The highest BCUT2D eigenvalue weighted by atomic mass is 32.1. The monoisotopic (exact) mass is 500 g/mol. The van der Waals surface area contributed by atoms with Gasteiger partial charge in [0.25, 0.3) is 0 Å². The summed E-state index contributed by atoms with van der Waals surface area (Å²) in [6.45, 7) is 7.30. The molecular weight excluding hydrogens is 468 g/mol. The third-order valence-corrected chi connectivity index (χ3v) is 7.08. The van der Waals surface area contributed by atoms with Gasteiger partial charge in [0, 0.05) is 75.6 Å². The number of para-hydroxylation sites is 2. The standard InChI is InChI=1S/C27H32N8S/c28-26(30-31-27(36)35-19-17-33(18-20-35)23-9-5-2-6-10-23)25-21-24(11-12-29-25)34-15-13-32(14-16-34)22-7-3-1-4-8-22/h1-12,21H,13-20H2,(H2,28,30)(H,31,36). The van der Waals surface area contributed by atoms with Crippen LogP contribution in [0.25, 0.3) is 0 Å². The molecule has 2 aliphatic rings. The molecule has 0 bridgehead atoms. The number of rotatable bonds is 5. The molecule has 9 heteroatoms. The van der Waals surface area contributed by atoms with Crippen LogP contribution in [-0.4, -0.2) is 73.2 Å². The Balaban J connectivity index is 1.14. The molecule has 0 aliphatic carbocycles. The molecule has 2 aromatic carbocycles. The van der Waals surface area contributed by atoms with Crippen LogP contribution in [-0.2, 0) is 0 Å². The Kier molecular flexibility index (Phi) is 7.47. The van der Waals surface area contributed by atoms with Crippen molar-refractivity contribution in [1.82, 2.24) is 15.3 Å². The fourth-order valence-electron chi connectivity index (χ4n) is 4.66. The van der Waals surface area contributed by atoms with Gasteiger partial charge in [-0.05, 0) is 48.6 Å². The SMILES string of the molecule is N/C(=N\NC(=S)N1CCN(c2ccccc2)CC1)c1cc(N2CCN(c3ccccc3)CC2)ccn1. The zero-order valence-corrected chi connectivity index (χ0v) is 21.1. The molecule has 3 aromatic rings. The lowest BCUT2D eigenvalue weighted by atomic mass is 10.2. The minimum absolute atomic E-state index is 0.324. The minimum atomic E-state index is 0.324. The van der Waals surface area contributed by atoms with Crippen molar-refractivity contribution in [1.29, 1.82) is 0 Å². The van der Waals surface area contributed by atoms with E-state index in [1.54, 1.807) is 6.20 Å². The molecule has 8 nitrogen and oxygen atoms in total. The van der Waals surface area contributed by atoms with Crippen LogP contribution in [0.15, 0.2) is 84.1 Å². The van der Waals surface area contributed by atoms with Crippen molar-refractivity contribution < 1.29 is 0 Å². The first-order chi connectivity index (χ1) is 17.7. The van der Waals surface area contributed by atoms with Gasteiger partial charge < -0.3 is 25.3 Å². The van der Waals surface area contributed by atoms with Gasteiger partial charge in [-0.2, -0.15) is 5.10 Å². The molecular formula is C27H32N8S. The van der Waals surface area contributed by atoms with Crippen LogP contribution < -0.4 is 25.9 Å². The van der Waals surface area contributed by atoms with Crippen LogP contribution in [0.2, 0.25) is 0 Å². The molecule has 2 fully saturated rings. The van der Waals surface area contributed by atoms with E-state index in [2.05, 4.69) is 89.7 Å². The van der Waals surface area contributed by atoms with Gasteiger partial charge in [0.1, 0.15) is 5.69 Å². The molecule has 3 N–H and O–H groups in total. The van der Waals surface area contributed by atoms with Gasteiger partial charge in [0.05, 0.1) is 0 Å². The molecule has 3 heterocycles. The first kappa shape index (κ1) is 23.9. The number of hydrogen-bond donors (Lipinski definition) is 2. The highest BCUT2D eigenvalue weighted by Gasteiger charge is 2.20. The molecule has 186 valence electrons. The van der Waals surface area contributed by atoms with E-state index < -0.39 is 0 Å². The second-order valence-corrected chi connectivity index (χ2v) is 9.32. The Morgan fingerprint density at radius 1 is 0.722 bits per heavy atom. The van der Waals surface area contributed by atoms with E-state index in [0.29, 0.717) is 16.6 Å². The summed E-state index contributed by atoms with van der Waals surface area (Å²) in [6.07, 6.45) is 1.79. The van der Waals surface area contributed by atoms with Crippen LogP contribution in [0.3, 0.4) is 0 Å². The second-order valence-electron chi connectivity index (χ2n) is 8.93. The zero-order valence-electron chi connectivity index (χ0n) is 20.3. The summed E-state index contributed by atoms with van der Waals surface area (Å²) in [6, 6.07) is 25.0. The number of pyridine rings is 1. The van der Waals surface area contributed by atoms with Crippen LogP contribution >= 0.6 is 12.2 Å². The second kappa shape index (κ2) is 11.3. The number of nitrogens with one attached hydrogen (secondary N) is 1. The van der Waals surface area contributed by atoms with Crippen molar-refractivity contribution in [3.63, 3.8) is 0 Å². The highest BCUT2D eigenvalue weighted by molar-refractivity contribution is 7.80. The molecule has 0 spiro atoms. The predicted octanol–water partition coefficient (Wildman–Crippen LogP) is 2.73. The number of nitrogens with zero attached hydrogens (tertiary/aromatic N) is 6. The number of thiocarbonyl (C=S) groups is 1. The van der Waals surface area contributed by atoms with Gasteiger partial charge in [0.15, 0.2) is 10.9 Å². The van der Waals surface area contributed by atoms with E-state index in [-0.39, 0.29) is 0 Å². The molecule has 2 saturated heterocycles. The van der Waals surface area contributed by atoms with E-state index in [9.17, 15) is 0 Å². The maximum Gasteiger partial charge on any atom is 0.189 e. The third-order valence-electron chi connectivity index (χ3n) is 6.73. The molecule has 0 atom stereocenters. The summed E-state index contributed by atoms with van der Waals surface area (Å²) in [4.78, 5) is 13.7. The topological polar surface area (TPSA) is 76.3 Å². The van der Waals surface area contributed by atoms with E-state index in [1.807, 2.05) is 18.2 Å². The fourth-order valence-corrected chi connectivity index (χ4v) is 4.89. The summed E-state index contributed by atoms with van der Waals surface area (Å²) in [5.74, 6) is 0.324. The lowest BCUT2D eigenvalue weighted by Crippen LogP contribution is -2.51. The highest BCUT2D eigenvalue weighted by Crippen LogP contribution is 2.21. The molecule has 2 aliphatic heterocycles. The van der Waals surface area contributed by atoms with Crippen molar-refractivity contribution in [2.24, 2.45) is 10.8 Å². The Morgan fingerprint density at radius 2 is 1.22 bits per heavy atom. The van der Waals surface area contributed by atoms with Gasteiger partial charge in [-0.3, -0.25) is 10.4 Å². The number of hydrogen-bond acceptors (Lipinski definition) is 6. The van der Waals surface area contributed by atoms with Gasteiger partial charge in [-0.25, -0.2) is 0 Å². The fraction of sp³-hybridized carbons (Fsp3) is 0.296.